The summed E-state index contributed by atoms with van der Waals surface area (Å²) < 4.78 is 0. The summed E-state index contributed by atoms with van der Waals surface area (Å²) in [5, 5.41) is 11.8. The van der Waals surface area contributed by atoms with E-state index in [0.29, 0.717) is 0 Å². The molecule has 0 N–H and O–H groups in total. The van der Waals surface area contributed by atoms with Crippen LogP contribution in [0.2, 0.25) is 0 Å². The van der Waals surface area contributed by atoms with Crippen LogP contribution in [-0.4, -0.2) is 0 Å². The lowest BCUT2D eigenvalue weighted by molar-refractivity contribution is 1.73. The Balaban J connectivity index is 1.48. The first-order chi connectivity index (χ1) is 15.4. The van der Waals surface area contributed by atoms with E-state index in [0.717, 1.165) is 0 Å². The molecule has 0 atom stereocenters. The largest absolute Gasteiger partial charge is 0.144 e. The highest BCUT2D eigenvalue weighted by atomic mass is 32.1. The van der Waals surface area contributed by atoms with E-state index in [1.54, 1.807) is 0 Å². The van der Waals surface area contributed by atoms with Crippen molar-refractivity contribution in [3.05, 3.63) is 106 Å². The van der Waals surface area contributed by atoms with Crippen LogP contribution in [0.25, 0.3) is 53.9 Å². The first kappa shape index (κ1) is 18.8. The molecule has 0 fully saturated rings. The Labute approximate surface area is 193 Å². The number of hydrogen-bond acceptors (Lipinski definition) is 3. The van der Waals surface area contributed by atoms with Crippen LogP contribution in [0.3, 0.4) is 0 Å². The second-order valence-electron chi connectivity index (χ2n) is 7.45. The summed E-state index contributed by atoms with van der Waals surface area (Å²) in [6.45, 7) is 0. The van der Waals surface area contributed by atoms with Crippen LogP contribution in [0.5, 0.6) is 0 Å². The molecule has 0 saturated carbocycles. The predicted octanol–water partition coefficient (Wildman–Crippen LogP) is 9.68. The van der Waals surface area contributed by atoms with Crippen LogP contribution in [0, 0.1) is 0 Å². The van der Waals surface area contributed by atoms with Crippen LogP contribution < -0.4 is 0 Å². The van der Waals surface area contributed by atoms with Gasteiger partial charge in [-0.2, -0.15) is 0 Å². The van der Waals surface area contributed by atoms with Gasteiger partial charge in [-0.15, -0.1) is 34.0 Å². The minimum atomic E-state index is 1.25. The van der Waals surface area contributed by atoms with Crippen molar-refractivity contribution in [3.8, 4) is 20.2 Å². The van der Waals surface area contributed by atoms with Gasteiger partial charge in [0.15, 0.2) is 0 Å². The highest BCUT2D eigenvalue weighted by molar-refractivity contribution is 7.21. The van der Waals surface area contributed by atoms with Gasteiger partial charge in [0.05, 0.1) is 4.88 Å². The molecule has 31 heavy (non-hydrogen) atoms. The van der Waals surface area contributed by atoms with Crippen molar-refractivity contribution in [1.29, 1.82) is 0 Å². The molecule has 0 aliphatic rings. The van der Waals surface area contributed by atoms with Crippen LogP contribution >= 0.6 is 34.0 Å². The third-order valence-corrected chi connectivity index (χ3v) is 8.49. The lowest BCUT2D eigenvalue weighted by Gasteiger charge is -2.06. The topological polar surface area (TPSA) is 0 Å². The maximum Gasteiger partial charge on any atom is 0.0535 e. The third kappa shape index (κ3) is 3.45. The fraction of sp³-hybridized carbons (Fsp3) is 0. The molecule has 148 valence electrons. The number of hydrogen-bond donors (Lipinski definition) is 0. The van der Waals surface area contributed by atoms with Gasteiger partial charge in [0.1, 0.15) is 0 Å². The molecule has 0 radical (unpaired) electrons. The summed E-state index contributed by atoms with van der Waals surface area (Å²) in [7, 11) is 0. The molecule has 3 aromatic heterocycles. The lowest BCUT2D eigenvalue weighted by Crippen LogP contribution is -1.81. The molecular formula is C28H18S3. The molecule has 3 heterocycles. The molecule has 0 spiro atoms. The van der Waals surface area contributed by atoms with E-state index in [9.17, 15) is 0 Å². The molecule has 6 aromatic rings. The molecule has 6 rings (SSSR count). The van der Waals surface area contributed by atoms with E-state index >= 15 is 0 Å². The highest BCUT2D eigenvalue weighted by Gasteiger charge is 2.15. The average Bonchev–Trinajstić information content (AvgIpc) is 3.57. The maximum atomic E-state index is 2.31. The van der Waals surface area contributed by atoms with Gasteiger partial charge < -0.3 is 0 Å². The quantitative estimate of drug-likeness (QED) is 0.234. The van der Waals surface area contributed by atoms with Crippen LogP contribution in [0.4, 0.5) is 0 Å². The van der Waals surface area contributed by atoms with Crippen molar-refractivity contribution in [3.63, 3.8) is 0 Å². The lowest BCUT2D eigenvalue weighted by atomic mass is 9.99. The number of fused-ring (bicyclic) bond motifs is 2. The fourth-order valence-corrected chi connectivity index (χ4v) is 6.87. The first-order valence-corrected chi connectivity index (χ1v) is 12.8. The smallest absolute Gasteiger partial charge is 0.0535 e. The van der Waals surface area contributed by atoms with Crippen molar-refractivity contribution >= 4 is 67.7 Å². The van der Waals surface area contributed by atoms with Crippen LogP contribution in [0.1, 0.15) is 11.1 Å². The van der Waals surface area contributed by atoms with Gasteiger partial charge in [0.25, 0.3) is 0 Å². The van der Waals surface area contributed by atoms with Crippen molar-refractivity contribution in [1.82, 2.24) is 0 Å². The zero-order valence-electron chi connectivity index (χ0n) is 16.6. The molecule has 0 aliphatic carbocycles. The molecule has 0 saturated heterocycles. The summed E-state index contributed by atoms with van der Waals surface area (Å²) in [5.74, 6) is 0. The average molecular weight is 451 g/mol. The summed E-state index contributed by atoms with van der Waals surface area (Å²) in [5.41, 5.74) is 3.89. The van der Waals surface area contributed by atoms with E-state index < -0.39 is 0 Å². The highest BCUT2D eigenvalue weighted by Crippen LogP contribution is 2.44. The number of benzene rings is 3. The Morgan fingerprint density at radius 3 is 2.03 bits per heavy atom. The van der Waals surface area contributed by atoms with Crippen molar-refractivity contribution in [2.75, 3.05) is 0 Å². The maximum absolute atomic E-state index is 2.31. The van der Waals surface area contributed by atoms with Gasteiger partial charge in [0.2, 0.25) is 0 Å². The van der Waals surface area contributed by atoms with E-state index in [-0.39, 0.29) is 0 Å². The fourth-order valence-electron chi connectivity index (χ4n) is 4.07. The van der Waals surface area contributed by atoms with Crippen molar-refractivity contribution in [2.24, 2.45) is 0 Å². The zero-order valence-corrected chi connectivity index (χ0v) is 19.1. The van der Waals surface area contributed by atoms with E-state index in [4.69, 9.17) is 0 Å². The van der Waals surface area contributed by atoms with Crippen LogP contribution in [0.15, 0.2) is 95.0 Å². The number of rotatable bonds is 4. The first-order valence-electron chi connectivity index (χ1n) is 10.2. The summed E-state index contributed by atoms with van der Waals surface area (Å²) >= 11 is 5.46. The Kier molecular flexibility index (Phi) is 4.80. The predicted molar refractivity (Wildman–Crippen MR) is 141 cm³/mol. The third-order valence-electron chi connectivity index (χ3n) is 5.55. The van der Waals surface area contributed by atoms with Crippen molar-refractivity contribution in [2.45, 2.75) is 0 Å². The zero-order chi connectivity index (χ0) is 20.6. The molecule has 0 unspecified atom stereocenters. The van der Waals surface area contributed by atoms with Gasteiger partial charge in [-0.05, 0) is 73.1 Å². The molecular weight excluding hydrogens is 433 g/mol. The minimum Gasteiger partial charge on any atom is -0.144 e. The van der Waals surface area contributed by atoms with E-state index in [1.165, 1.54) is 52.9 Å². The Morgan fingerprint density at radius 1 is 0.548 bits per heavy atom. The summed E-state index contributed by atoms with van der Waals surface area (Å²) in [6.07, 6.45) is 4.56. The molecule has 3 aromatic carbocycles. The SMILES string of the molecule is C(=Cc1cccc2cc3ccccc3cc12)c1csc(-c2cccs2)c1-c1cccs1. The Bertz CT molecular complexity index is 1510. The summed E-state index contributed by atoms with van der Waals surface area (Å²) in [6, 6.07) is 28.5. The molecule has 0 aliphatic heterocycles. The van der Waals surface area contributed by atoms with Gasteiger partial charge in [-0.25, -0.2) is 0 Å². The number of thiophene rings is 3. The Hall–Kier alpha value is -2.98. The normalized spacial score (nSPS) is 11.7. The second kappa shape index (κ2) is 7.93. The van der Waals surface area contributed by atoms with Gasteiger partial charge in [-0.3, -0.25) is 0 Å². The monoisotopic (exact) mass is 450 g/mol. The van der Waals surface area contributed by atoms with Gasteiger partial charge >= 0.3 is 0 Å². The molecule has 0 bridgehead atoms. The summed E-state index contributed by atoms with van der Waals surface area (Å²) in [4.78, 5) is 4.03. The van der Waals surface area contributed by atoms with Gasteiger partial charge in [-0.1, -0.05) is 66.7 Å². The molecule has 3 heteroatoms. The van der Waals surface area contributed by atoms with Crippen LogP contribution in [-0.2, 0) is 0 Å². The van der Waals surface area contributed by atoms with E-state index in [2.05, 4.69) is 107 Å². The van der Waals surface area contributed by atoms with Crippen molar-refractivity contribution < 1.29 is 0 Å². The Morgan fingerprint density at radius 2 is 1.26 bits per heavy atom. The van der Waals surface area contributed by atoms with Gasteiger partial charge in [0, 0.05) is 15.3 Å². The molecule has 0 nitrogen and oxygen atoms in total. The second-order valence-corrected chi connectivity index (χ2v) is 10.2. The molecule has 0 amide bonds. The standard InChI is InChI=1S/C28H18S3/c1-2-7-21-17-24-19(8-3-9-22(24)16-20(21)6-1)12-13-23-18-31-28(26-11-5-15-30-26)27(23)25-10-4-14-29-25/h1-18H. The minimum absolute atomic E-state index is 1.25. The van der Waals surface area contributed by atoms with E-state index in [1.807, 2.05) is 34.0 Å².